The van der Waals surface area contributed by atoms with Gasteiger partial charge in [-0.05, 0) is 83.1 Å². The van der Waals surface area contributed by atoms with Gasteiger partial charge in [-0.3, -0.25) is 9.98 Å². The molecule has 0 amide bonds. The third-order valence-corrected chi connectivity index (χ3v) is 6.91. The van der Waals surface area contributed by atoms with Gasteiger partial charge >= 0.3 is 0 Å². The summed E-state index contributed by atoms with van der Waals surface area (Å²) in [5, 5.41) is 0. The molecule has 0 radical (unpaired) electrons. The van der Waals surface area contributed by atoms with E-state index in [9.17, 15) is 0 Å². The van der Waals surface area contributed by atoms with Crippen molar-refractivity contribution in [1.29, 1.82) is 0 Å². The van der Waals surface area contributed by atoms with Crippen molar-refractivity contribution in [2.45, 2.75) is 131 Å². The molecule has 0 bridgehead atoms. The molecule has 2 rings (SSSR count). The zero-order valence-corrected chi connectivity index (χ0v) is 21.7. The maximum absolute atomic E-state index is 5.09. The molecule has 0 saturated carbocycles. The van der Waals surface area contributed by atoms with E-state index in [1.54, 1.807) is 0 Å². The number of hydrogen-bond donors (Lipinski definition) is 0. The van der Waals surface area contributed by atoms with Crippen LogP contribution in [0.3, 0.4) is 0 Å². The van der Waals surface area contributed by atoms with Gasteiger partial charge in [0.05, 0.1) is 13.1 Å². The van der Waals surface area contributed by atoms with Gasteiger partial charge in [-0.15, -0.1) is 0 Å². The van der Waals surface area contributed by atoms with Crippen LogP contribution in [0.15, 0.2) is 9.98 Å². The number of nitrogens with zero attached hydrogens (tertiary/aromatic N) is 6. The highest BCUT2D eigenvalue weighted by molar-refractivity contribution is 5.84. The molecule has 4 unspecified atom stereocenters. The first-order chi connectivity index (χ1) is 13.9. The number of rotatable bonds is 7. The van der Waals surface area contributed by atoms with Gasteiger partial charge < -0.3 is 19.6 Å². The van der Waals surface area contributed by atoms with Gasteiger partial charge in [-0.1, -0.05) is 0 Å². The second-order valence-corrected chi connectivity index (χ2v) is 10.3. The molecule has 2 saturated heterocycles. The van der Waals surface area contributed by atoms with Crippen LogP contribution in [0.2, 0.25) is 0 Å². The van der Waals surface area contributed by atoms with Crippen molar-refractivity contribution < 1.29 is 0 Å². The minimum absolute atomic E-state index is 0.445. The average molecular weight is 421 g/mol. The summed E-state index contributed by atoms with van der Waals surface area (Å²) >= 11 is 0. The minimum atomic E-state index is 0.445. The molecule has 6 nitrogen and oxygen atoms in total. The highest BCUT2D eigenvalue weighted by Gasteiger charge is 2.42. The molecular formula is C24H48N6. The summed E-state index contributed by atoms with van der Waals surface area (Å²) in [7, 11) is 0. The third-order valence-electron chi connectivity index (χ3n) is 6.91. The Morgan fingerprint density at radius 2 is 0.700 bits per heavy atom. The first kappa shape index (κ1) is 24.8. The molecule has 174 valence electrons. The van der Waals surface area contributed by atoms with E-state index in [2.05, 4.69) is 103 Å². The smallest absolute Gasteiger partial charge is 0.197 e. The molecule has 6 heteroatoms. The largest absolute Gasteiger partial charge is 0.336 e. The fraction of sp³-hybridized carbons (Fsp3) is 0.917. The predicted octanol–water partition coefficient (Wildman–Crippen LogP) is 4.12. The molecule has 0 N–H and O–H groups in total. The Balaban J connectivity index is 2.25. The predicted molar refractivity (Wildman–Crippen MR) is 130 cm³/mol. The summed E-state index contributed by atoms with van der Waals surface area (Å²) in [6, 6.07) is 3.68. The van der Waals surface area contributed by atoms with Crippen molar-refractivity contribution in [3.05, 3.63) is 0 Å². The summed E-state index contributed by atoms with van der Waals surface area (Å²) in [6.07, 6.45) is 0. The van der Waals surface area contributed by atoms with E-state index < -0.39 is 0 Å². The summed E-state index contributed by atoms with van der Waals surface area (Å²) in [5.74, 6) is 2.30. The molecular weight excluding hydrogens is 372 g/mol. The SMILES string of the molecule is CC(C)N1C(=NCCN=C2N(C(C)C)C(C)C(C)N2C(C)C)N(C(C)C)C(C)C1C. The van der Waals surface area contributed by atoms with Gasteiger partial charge in [0.2, 0.25) is 0 Å². The lowest BCUT2D eigenvalue weighted by atomic mass is 10.1. The van der Waals surface area contributed by atoms with Crippen LogP contribution < -0.4 is 0 Å². The second kappa shape index (κ2) is 9.78. The van der Waals surface area contributed by atoms with Crippen LogP contribution in [-0.2, 0) is 0 Å². The summed E-state index contributed by atoms with van der Waals surface area (Å²) in [5.41, 5.74) is 0. The Bertz CT molecular complexity index is 525. The van der Waals surface area contributed by atoms with Crippen molar-refractivity contribution in [2.24, 2.45) is 9.98 Å². The number of hydrogen-bond acceptors (Lipinski definition) is 2. The molecule has 0 aliphatic carbocycles. The molecule has 4 atom stereocenters. The maximum Gasteiger partial charge on any atom is 0.197 e. The molecule has 0 aromatic carbocycles. The highest BCUT2D eigenvalue weighted by Crippen LogP contribution is 2.28. The molecule has 2 aliphatic heterocycles. The molecule has 0 aromatic heterocycles. The molecule has 2 fully saturated rings. The summed E-state index contributed by atoms with van der Waals surface area (Å²) in [4.78, 5) is 20.1. The molecule has 0 aromatic rings. The van der Waals surface area contributed by atoms with Crippen molar-refractivity contribution in [1.82, 2.24) is 19.6 Å². The Morgan fingerprint density at radius 1 is 0.500 bits per heavy atom. The summed E-state index contributed by atoms with van der Waals surface area (Å²) in [6.45, 7) is 28.9. The van der Waals surface area contributed by atoms with Crippen LogP contribution in [0.4, 0.5) is 0 Å². The second-order valence-electron chi connectivity index (χ2n) is 10.3. The van der Waals surface area contributed by atoms with Crippen molar-refractivity contribution >= 4 is 11.9 Å². The zero-order chi connectivity index (χ0) is 22.9. The van der Waals surface area contributed by atoms with Crippen molar-refractivity contribution in [3.8, 4) is 0 Å². The van der Waals surface area contributed by atoms with E-state index in [0.29, 0.717) is 48.3 Å². The van der Waals surface area contributed by atoms with Crippen LogP contribution in [0.5, 0.6) is 0 Å². The van der Waals surface area contributed by atoms with Crippen molar-refractivity contribution in [3.63, 3.8) is 0 Å². The maximum atomic E-state index is 5.09. The van der Waals surface area contributed by atoms with E-state index in [0.717, 1.165) is 25.0 Å². The highest BCUT2D eigenvalue weighted by atomic mass is 15.5. The first-order valence-corrected chi connectivity index (χ1v) is 12.1. The summed E-state index contributed by atoms with van der Waals surface area (Å²) < 4.78 is 0. The fourth-order valence-electron chi connectivity index (χ4n) is 5.36. The van der Waals surface area contributed by atoms with Gasteiger partial charge in [0.25, 0.3) is 0 Å². The normalized spacial score (nSPS) is 27.7. The van der Waals surface area contributed by atoms with E-state index >= 15 is 0 Å². The monoisotopic (exact) mass is 420 g/mol. The topological polar surface area (TPSA) is 37.7 Å². The molecule has 2 heterocycles. The standard InChI is InChI=1S/C24H48N6/c1-15(2)27-19(9)20(10)28(16(3)4)23(27)25-13-14-26-24-29(17(5)6)21(11)22(12)30(24)18(7)8/h15-22H,13-14H2,1-12H3. The first-order valence-electron chi connectivity index (χ1n) is 12.1. The Kier molecular flexibility index (Phi) is 8.09. The van der Waals surface area contributed by atoms with Gasteiger partial charge in [-0.25, -0.2) is 0 Å². The third kappa shape index (κ3) is 4.57. The number of guanidine groups is 2. The van der Waals surface area contributed by atoms with E-state index in [4.69, 9.17) is 9.98 Å². The van der Waals surface area contributed by atoms with Crippen LogP contribution in [0.1, 0.15) is 83.1 Å². The van der Waals surface area contributed by atoms with Crippen LogP contribution in [0.25, 0.3) is 0 Å². The Hall–Kier alpha value is -1.46. The van der Waals surface area contributed by atoms with E-state index in [1.165, 1.54) is 0 Å². The number of aliphatic imine (C=N–C) groups is 2. The molecule has 0 spiro atoms. The average Bonchev–Trinajstić information content (AvgIpc) is 3.02. The van der Waals surface area contributed by atoms with Gasteiger partial charge in [0.1, 0.15) is 0 Å². The fourth-order valence-corrected chi connectivity index (χ4v) is 5.36. The lowest BCUT2D eigenvalue weighted by Gasteiger charge is -2.31. The van der Waals surface area contributed by atoms with E-state index in [-0.39, 0.29) is 0 Å². The minimum Gasteiger partial charge on any atom is -0.336 e. The lowest BCUT2D eigenvalue weighted by Crippen LogP contribution is -2.43. The molecule has 30 heavy (non-hydrogen) atoms. The molecule has 2 aliphatic rings. The Morgan fingerprint density at radius 3 is 0.867 bits per heavy atom. The lowest BCUT2D eigenvalue weighted by molar-refractivity contribution is 0.250. The van der Waals surface area contributed by atoms with Crippen LogP contribution in [0, 0.1) is 0 Å². The van der Waals surface area contributed by atoms with Gasteiger partial charge in [0.15, 0.2) is 11.9 Å². The van der Waals surface area contributed by atoms with Gasteiger partial charge in [0, 0.05) is 48.3 Å². The van der Waals surface area contributed by atoms with Crippen molar-refractivity contribution in [2.75, 3.05) is 13.1 Å². The quantitative estimate of drug-likeness (QED) is 0.581. The van der Waals surface area contributed by atoms with Crippen LogP contribution >= 0.6 is 0 Å². The zero-order valence-electron chi connectivity index (χ0n) is 21.7. The Labute approximate surface area is 186 Å². The van der Waals surface area contributed by atoms with E-state index in [1.807, 2.05) is 0 Å². The van der Waals surface area contributed by atoms with Crippen LogP contribution in [-0.4, -0.2) is 92.9 Å². The van der Waals surface area contributed by atoms with Gasteiger partial charge in [-0.2, -0.15) is 0 Å².